The fraction of sp³-hybridized carbons (Fsp3) is 0.130. The summed E-state index contributed by atoms with van der Waals surface area (Å²) in [6.07, 6.45) is 7.43. The van der Waals surface area contributed by atoms with Crippen molar-refractivity contribution in [2.24, 2.45) is 0 Å². The molecule has 3 N–H and O–H groups in total. The van der Waals surface area contributed by atoms with Gasteiger partial charge in [0.05, 0.1) is 11.8 Å². The van der Waals surface area contributed by atoms with Gasteiger partial charge in [0.2, 0.25) is 0 Å². The maximum absolute atomic E-state index is 9.50. The van der Waals surface area contributed by atoms with Crippen molar-refractivity contribution in [3.05, 3.63) is 73.3 Å². The second-order valence-electron chi connectivity index (χ2n) is 7.64. The van der Waals surface area contributed by atoms with Crippen molar-refractivity contribution >= 4 is 33.7 Å². The second kappa shape index (κ2) is 6.60. The van der Waals surface area contributed by atoms with E-state index in [1.807, 2.05) is 35.1 Å². The third-order valence-electron chi connectivity index (χ3n) is 5.58. The molecule has 1 fully saturated rings. The van der Waals surface area contributed by atoms with Gasteiger partial charge in [-0.2, -0.15) is 0 Å². The standard InChI is InChI=1S/C23H20N6O/c30-19-12-29(13-19)18-5-3-17(4-6-18)26-22-23-25-9-10-28(23)14-21(27-22)16-2-1-15-7-8-24-20(15)11-16/h1-11,14,19,24,30H,12-13H2,(H,26,27). The Kier molecular flexibility index (Phi) is 3.75. The van der Waals surface area contributed by atoms with E-state index in [0.29, 0.717) is 18.9 Å². The average molecular weight is 396 g/mol. The number of aromatic nitrogens is 4. The highest BCUT2D eigenvalue weighted by Crippen LogP contribution is 2.28. The van der Waals surface area contributed by atoms with Crippen LogP contribution in [-0.4, -0.2) is 43.7 Å². The van der Waals surface area contributed by atoms with Gasteiger partial charge in [0, 0.05) is 60.3 Å². The van der Waals surface area contributed by atoms with Gasteiger partial charge in [-0.15, -0.1) is 0 Å². The predicted octanol–water partition coefficient (Wildman–Crippen LogP) is 3.80. The van der Waals surface area contributed by atoms with Gasteiger partial charge in [-0.25, -0.2) is 9.97 Å². The number of aliphatic hydroxyl groups excluding tert-OH is 1. The van der Waals surface area contributed by atoms with Gasteiger partial charge in [-0.05, 0) is 41.8 Å². The molecule has 4 heterocycles. The van der Waals surface area contributed by atoms with Crippen LogP contribution in [0.1, 0.15) is 0 Å². The van der Waals surface area contributed by atoms with E-state index in [1.165, 1.54) is 5.39 Å². The summed E-state index contributed by atoms with van der Waals surface area (Å²) < 4.78 is 1.99. The molecule has 1 aliphatic rings. The summed E-state index contributed by atoms with van der Waals surface area (Å²) in [5.41, 5.74) is 5.81. The minimum Gasteiger partial charge on any atom is -0.389 e. The number of H-pyrrole nitrogens is 1. The number of nitrogens with zero attached hydrogens (tertiary/aromatic N) is 4. The Hall–Kier alpha value is -3.84. The Morgan fingerprint density at radius 2 is 1.93 bits per heavy atom. The van der Waals surface area contributed by atoms with Crippen molar-refractivity contribution in [3.8, 4) is 11.3 Å². The zero-order chi connectivity index (χ0) is 20.1. The zero-order valence-corrected chi connectivity index (χ0v) is 16.2. The summed E-state index contributed by atoms with van der Waals surface area (Å²) in [5.74, 6) is 0.705. The second-order valence-corrected chi connectivity index (χ2v) is 7.64. The van der Waals surface area contributed by atoms with Crippen LogP contribution in [0.2, 0.25) is 0 Å². The maximum atomic E-state index is 9.50. The Labute approximate surface area is 172 Å². The molecule has 7 nitrogen and oxygen atoms in total. The largest absolute Gasteiger partial charge is 0.389 e. The van der Waals surface area contributed by atoms with E-state index < -0.39 is 0 Å². The first-order chi connectivity index (χ1) is 14.7. The molecule has 0 radical (unpaired) electrons. The molecule has 6 rings (SSSR count). The third kappa shape index (κ3) is 2.87. The summed E-state index contributed by atoms with van der Waals surface area (Å²) in [6, 6.07) is 16.5. The van der Waals surface area contributed by atoms with Crippen LogP contribution in [0.15, 0.2) is 73.3 Å². The third-order valence-corrected chi connectivity index (χ3v) is 5.58. The molecule has 0 amide bonds. The highest BCUT2D eigenvalue weighted by molar-refractivity contribution is 5.85. The highest BCUT2D eigenvalue weighted by atomic mass is 16.3. The van der Waals surface area contributed by atoms with Crippen molar-refractivity contribution in [1.29, 1.82) is 0 Å². The van der Waals surface area contributed by atoms with E-state index in [2.05, 4.69) is 56.6 Å². The summed E-state index contributed by atoms with van der Waals surface area (Å²) in [5, 5.41) is 14.1. The summed E-state index contributed by atoms with van der Waals surface area (Å²) in [4.78, 5) is 14.7. The van der Waals surface area contributed by atoms with Gasteiger partial charge >= 0.3 is 0 Å². The van der Waals surface area contributed by atoms with Crippen LogP contribution in [0.4, 0.5) is 17.2 Å². The van der Waals surface area contributed by atoms with Crippen molar-refractivity contribution < 1.29 is 5.11 Å². The monoisotopic (exact) mass is 396 g/mol. The number of hydrogen-bond acceptors (Lipinski definition) is 5. The quantitative estimate of drug-likeness (QED) is 0.430. The first-order valence-corrected chi connectivity index (χ1v) is 9.94. The van der Waals surface area contributed by atoms with E-state index in [4.69, 9.17) is 4.98 Å². The molecular formula is C23H20N6O. The number of β-amino-alcohol motifs (C(OH)–C–C–N with tert-alkyl or cyclic N) is 1. The predicted molar refractivity (Wildman–Crippen MR) is 118 cm³/mol. The number of nitrogens with one attached hydrogen (secondary N) is 2. The van der Waals surface area contributed by atoms with E-state index in [9.17, 15) is 5.11 Å². The fourth-order valence-electron chi connectivity index (χ4n) is 3.92. The van der Waals surface area contributed by atoms with Gasteiger partial charge in [-0.3, -0.25) is 0 Å². The van der Waals surface area contributed by atoms with Crippen LogP contribution in [0.3, 0.4) is 0 Å². The van der Waals surface area contributed by atoms with Crippen molar-refractivity contribution in [2.45, 2.75) is 6.10 Å². The SMILES string of the molecule is OC1CN(c2ccc(Nc3nc(-c4ccc5cc[nH]c5c4)cn4ccnc34)cc2)C1. The molecule has 2 aromatic carbocycles. The van der Waals surface area contributed by atoms with E-state index in [1.54, 1.807) is 6.20 Å². The molecule has 0 aliphatic carbocycles. The van der Waals surface area contributed by atoms with Crippen LogP contribution >= 0.6 is 0 Å². The average Bonchev–Trinajstić information content (AvgIpc) is 3.41. The number of benzene rings is 2. The lowest BCUT2D eigenvalue weighted by molar-refractivity contribution is 0.142. The van der Waals surface area contributed by atoms with Crippen LogP contribution in [-0.2, 0) is 0 Å². The number of rotatable bonds is 4. The number of aliphatic hydroxyl groups is 1. The molecule has 0 spiro atoms. The van der Waals surface area contributed by atoms with Gasteiger partial charge in [-0.1, -0.05) is 12.1 Å². The van der Waals surface area contributed by atoms with E-state index in [-0.39, 0.29) is 6.10 Å². The molecule has 0 bridgehead atoms. The minimum atomic E-state index is -0.214. The number of anilines is 3. The normalized spacial score (nSPS) is 14.4. The number of imidazole rings is 1. The maximum Gasteiger partial charge on any atom is 0.180 e. The van der Waals surface area contributed by atoms with Crippen LogP contribution in [0, 0.1) is 0 Å². The fourth-order valence-corrected chi connectivity index (χ4v) is 3.92. The van der Waals surface area contributed by atoms with E-state index in [0.717, 1.165) is 33.8 Å². The van der Waals surface area contributed by atoms with Crippen molar-refractivity contribution in [1.82, 2.24) is 19.4 Å². The molecule has 148 valence electrons. The van der Waals surface area contributed by atoms with Gasteiger partial charge in [0.25, 0.3) is 0 Å². The first-order valence-electron chi connectivity index (χ1n) is 9.94. The molecule has 30 heavy (non-hydrogen) atoms. The smallest absolute Gasteiger partial charge is 0.180 e. The molecule has 1 aliphatic heterocycles. The Morgan fingerprint density at radius 1 is 1.07 bits per heavy atom. The van der Waals surface area contributed by atoms with Gasteiger partial charge < -0.3 is 24.7 Å². The van der Waals surface area contributed by atoms with E-state index >= 15 is 0 Å². The van der Waals surface area contributed by atoms with Crippen LogP contribution in [0.5, 0.6) is 0 Å². The zero-order valence-electron chi connectivity index (χ0n) is 16.2. The Balaban J connectivity index is 1.35. The first kappa shape index (κ1) is 17.1. The number of fused-ring (bicyclic) bond motifs is 2. The molecule has 0 saturated carbocycles. The summed E-state index contributed by atoms with van der Waals surface area (Å²) in [7, 11) is 0. The highest BCUT2D eigenvalue weighted by Gasteiger charge is 2.24. The molecule has 7 heteroatoms. The molecule has 1 saturated heterocycles. The Morgan fingerprint density at radius 3 is 2.77 bits per heavy atom. The summed E-state index contributed by atoms with van der Waals surface area (Å²) in [6.45, 7) is 1.38. The lowest BCUT2D eigenvalue weighted by atomic mass is 10.1. The molecule has 5 aromatic rings. The molecule has 0 unspecified atom stereocenters. The summed E-state index contributed by atoms with van der Waals surface area (Å²) >= 11 is 0. The van der Waals surface area contributed by atoms with Crippen LogP contribution in [0.25, 0.3) is 27.8 Å². The lowest BCUT2D eigenvalue weighted by Crippen LogP contribution is -2.50. The van der Waals surface area contributed by atoms with Crippen molar-refractivity contribution in [3.63, 3.8) is 0 Å². The van der Waals surface area contributed by atoms with Crippen LogP contribution < -0.4 is 10.2 Å². The number of aromatic amines is 1. The van der Waals surface area contributed by atoms with Crippen molar-refractivity contribution in [2.75, 3.05) is 23.3 Å². The van der Waals surface area contributed by atoms with Gasteiger partial charge in [0.1, 0.15) is 0 Å². The molecular weight excluding hydrogens is 376 g/mol. The lowest BCUT2D eigenvalue weighted by Gasteiger charge is -2.37. The number of hydrogen-bond donors (Lipinski definition) is 3. The Bertz CT molecular complexity index is 1350. The van der Waals surface area contributed by atoms with Gasteiger partial charge in [0.15, 0.2) is 11.5 Å². The molecule has 3 aromatic heterocycles. The minimum absolute atomic E-state index is 0.214. The topological polar surface area (TPSA) is 81.5 Å². The molecule has 0 atom stereocenters.